The number of benzene rings is 1. The van der Waals surface area contributed by atoms with Crippen LogP contribution in [0.1, 0.15) is 11.1 Å². The Hall–Kier alpha value is -1.12. The molecule has 0 spiro atoms. The molecule has 1 aromatic carbocycles. The van der Waals surface area contributed by atoms with Crippen molar-refractivity contribution in [2.45, 2.75) is 13.5 Å². The molecule has 0 aliphatic heterocycles. The van der Waals surface area contributed by atoms with Crippen LogP contribution in [0, 0.1) is 6.92 Å². The molecule has 0 fully saturated rings. The van der Waals surface area contributed by atoms with Gasteiger partial charge in [0.2, 0.25) is 0 Å². The zero-order valence-corrected chi connectivity index (χ0v) is 10.3. The van der Waals surface area contributed by atoms with Crippen molar-refractivity contribution < 1.29 is 9.59 Å². The van der Waals surface area contributed by atoms with Gasteiger partial charge in [-0.1, -0.05) is 30.8 Å². The Bertz CT molecular complexity index is 348. The standard InChI is InChI=1S/C14H22NO/c1-4-9-15(3,10-11-16)12-14-8-6-5-7-13(14)2/h4-8,16H,1,9-12H2,2-3H3/q+1. The third-order valence-electron chi connectivity index (χ3n) is 3.02. The van der Waals surface area contributed by atoms with Crippen LogP contribution in [0.25, 0.3) is 0 Å². The van der Waals surface area contributed by atoms with Crippen molar-refractivity contribution in [2.24, 2.45) is 0 Å². The Morgan fingerprint density at radius 2 is 2.06 bits per heavy atom. The number of nitrogens with zero attached hydrogens (tertiary/aromatic N) is 1. The molecule has 0 bridgehead atoms. The molecule has 2 heteroatoms. The molecule has 1 unspecified atom stereocenters. The molecule has 1 aromatic rings. The summed E-state index contributed by atoms with van der Waals surface area (Å²) in [5.41, 5.74) is 2.66. The minimum atomic E-state index is 0.218. The van der Waals surface area contributed by atoms with E-state index in [1.54, 1.807) is 0 Å². The molecule has 0 saturated carbocycles. The minimum Gasteiger partial charge on any atom is -0.391 e. The normalized spacial score (nSPS) is 14.4. The first-order valence-electron chi connectivity index (χ1n) is 5.71. The van der Waals surface area contributed by atoms with Crippen molar-refractivity contribution in [3.05, 3.63) is 48.0 Å². The number of hydrogen-bond donors (Lipinski definition) is 1. The van der Waals surface area contributed by atoms with Crippen LogP contribution in [-0.2, 0) is 6.54 Å². The Labute approximate surface area is 98.4 Å². The number of likely N-dealkylation sites (N-methyl/N-ethyl adjacent to an activating group) is 1. The maximum atomic E-state index is 9.13. The highest BCUT2D eigenvalue weighted by Crippen LogP contribution is 2.15. The summed E-state index contributed by atoms with van der Waals surface area (Å²) in [5, 5.41) is 9.13. The van der Waals surface area contributed by atoms with Gasteiger partial charge in [0.25, 0.3) is 0 Å². The predicted molar refractivity (Wildman–Crippen MR) is 68.1 cm³/mol. The number of rotatable bonds is 6. The van der Waals surface area contributed by atoms with Gasteiger partial charge in [-0.05, 0) is 18.6 Å². The van der Waals surface area contributed by atoms with Crippen molar-refractivity contribution in [1.82, 2.24) is 0 Å². The van der Waals surface area contributed by atoms with Crippen LogP contribution >= 0.6 is 0 Å². The van der Waals surface area contributed by atoms with Crippen LogP contribution in [0.15, 0.2) is 36.9 Å². The highest BCUT2D eigenvalue weighted by molar-refractivity contribution is 5.24. The minimum absolute atomic E-state index is 0.218. The van der Waals surface area contributed by atoms with E-state index >= 15 is 0 Å². The lowest BCUT2D eigenvalue weighted by atomic mass is 10.1. The first kappa shape index (κ1) is 12.9. The van der Waals surface area contributed by atoms with E-state index in [0.29, 0.717) is 0 Å². The third kappa shape index (κ3) is 3.47. The monoisotopic (exact) mass is 220 g/mol. The summed E-state index contributed by atoms with van der Waals surface area (Å²) in [6.07, 6.45) is 1.92. The summed E-state index contributed by atoms with van der Waals surface area (Å²) in [4.78, 5) is 0. The van der Waals surface area contributed by atoms with Gasteiger partial charge in [0, 0.05) is 5.56 Å². The number of aryl methyl sites for hydroxylation is 1. The second kappa shape index (κ2) is 5.83. The van der Waals surface area contributed by atoms with Gasteiger partial charge < -0.3 is 9.59 Å². The van der Waals surface area contributed by atoms with Crippen LogP contribution in [0.4, 0.5) is 0 Å². The fourth-order valence-electron chi connectivity index (χ4n) is 1.99. The number of aliphatic hydroxyl groups is 1. The molecule has 0 heterocycles. The maximum absolute atomic E-state index is 9.13. The maximum Gasteiger partial charge on any atom is 0.105 e. The van der Waals surface area contributed by atoms with Crippen LogP contribution in [0.5, 0.6) is 0 Å². The predicted octanol–water partition coefficient (Wildman–Crippen LogP) is 2.12. The SMILES string of the molecule is C=CC[N+](C)(CCO)Cc1ccccc1C. The van der Waals surface area contributed by atoms with E-state index in [2.05, 4.69) is 44.8 Å². The third-order valence-corrected chi connectivity index (χ3v) is 3.02. The first-order valence-corrected chi connectivity index (χ1v) is 5.71. The van der Waals surface area contributed by atoms with E-state index < -0.39 is 0 Å². The van der Waals surface area contributed by atoms with E-state index in [9.17, 15) is 0 Å². The van der Waals surface area contributed by atoms with E-state index in [-0.39, 0.29) is 6.61 Å². The molecule has 0 aromatic heterocycles. The molecule has 0 radical (unpaired) electrons. The van der Waals surface area contributed by atoms with Gasteiger partial charge in [0.1, 0.15) is 13.1 Å². The van der Waals surface area contributed by atoms with Gasteiger partial charge in [-0.25, -0.2) is 0 Å². The largest absolute Gasteiger partial charge is 0.391 e. The van der Waals surface area contributed by atoms with Gasteiger partial charge in [0.15, 0.2) is 0 Å². The zero-order valence-electron chi connectivity index (χ0n) is 10.3. The van der Waals surface area contributed by atoms with Crippen LogP contribution in [0.2, 0.25) is 0 Å². The van der Waals surface area contributed by atoms with Crippen molar-refractivity contribution >= 4 is 0 Å². The molecule has 16 heavy (non-hydrogen) atoms. The van der Waals surface area contributed by atoms with E-state index in [4.69, 9.17) is 5.11 Å². The van der Waals surface area contributed by atoms with Crippen LogP contribution in [0.3, 0.4) is 0 Å². The van der Waals surface area contributed by atoms with Crippen LogP contribution in [-0.4, -0.2) is 36.3 Å². The Morgan fingerprint density at radius 1 is 1.38 bits per heavy atom. The molecule has 1 N–H and O–H groups in total. The Morgan fingerprint density at radius 3 is 2.62 bits per heavy atom. The molecular formula is C14H22NO+. The van der Waals surface area contributed by atoms with Crippen molar-refractivity contribution in [3.8, 4) is 0 Å². The highest BCUT2D eigenvalue weighted by atomic mass is 16.3. The van der Waals surface area contributed by atoms with Gasteiger partial charge >= 0.3 is 0 Å². The molecule has 0 amide bonds. The van der Waals surface area contributed by atoms with Gasteiger partial charge in [-0.3, -0.25) is 0 Å². The average molecular weight is 220 g/mol. The summed E-state index contributed by atoms with van der Waals surface area (Å²) in [6, 6.07) is 8.42. The highest BCUT2D eigenvalue weighted by Gasteiger charge is 2.20. The fraction of sp³-hybridized carbons (Fsp3) is 0.429. The lowest BCUT2D eigenvalue weighted by Crippen LogP contribution is -2.45. The molecule has 88 valence electrons. The van der Waals surface area contributed by atoms with Gasteiger partial charge in [0.05, 0.1) is 20.2 Å². The Balaban J connectivity index is 2.83. The second-order valence-electron chi connectivity index (χ2n) is 4.62. The number of aliphatic hydroxyl groups excluding tert-OH is 1. The molecule has 0 aliphatic carbocycles. The molecule has 1 rings (SSSR count). The molecule has 1 atom stereocenters. The van der Waals surface area contributed by atoms with Gasteiger partial charge in [-0.15, -0.1) is 0 Å². The quantitative estimate of drug-likeness (QED) is 0.575. The number of quaternary nitrogens is 1. The molecule has 0 aliphatic rings. The molecule has 0 saturated heterocycles. The van der Waals surface area contributed by atoms with Crippen molar-refractivity contribution in [1.29, 1.82) is 0 Å². The first-order chi connectivity index (χ1) is 7.61. The van der Waals surface area contributed by atoms with Gasteiger partial charge in [-0.2, -0.15) is 0 Å². The fourth-order valence-corrected chi connectivity index (χ4v) is 1.99. The zero-order chi connectivity index (χ0) is 12.0. The molecule has 2 nitrogen and oxygen atoms in total. The summed E-state index contributed by atoms with van der Waals surface area (Å²) >= 11 is 0. The topological polar surface area (TPSA) is 20.2 Å². The van der Waals surface area contributed by atoms with Crippen molar-refractivity contribution in [3.63, 3.8) is 0 Å². The summed E-state index contributed by atoms with van der Waals surface area (Å²) in [5.74, 6) is 0. The van der Waals surface area contributed by atoms with Crippen LogP contribution < -0.4 is 0 Å². The van der Waals surface area contributed by atoms with E-state index in [1.165, 1.54) is 11.1 Å². The molecular weight excluding hydrogens is 198 g/mol. The summed E-state index contributed by atoms with van der Waals surface area (Å²) in [6.45, 7) is 8.74. The van der Waals surface area contributed by atoms with E-state index in [0.717, 1.165) is 24.1 Å². The van der Waals surface area contributed by atoms with E-state index in [1.807, 2.05) is 6.08 Å². The average Bonchev–Trinajstić information content (AvgIpc) is 2.22. The second-order valence-corrected chi connectivity index (χ2v) is 4.62. The lowest BCUT2D eigenvalue weighted by molar-refractivity contribution is -0.917. The number of hydrogen-bond acceptors (Lipinski definition) is 1. The lowest BCUT2D eigenvalue weighted by Gasteiger charge is -2.33. The smallest absolute Gasteiger partial charge is 0.105 e. The summed E-state index contributed by atoms with van der Waals surface area (Å²) < 4.78 is 0.810. The summed E-state index contributed by atoms with van der Waals surface area (Å²) in [7, 11) is 2.16. The van der Waals surface area contributed by atoms with Crippen molar-refractivity contribution in [2.75, 3.05) is 26.7 Å². The Kier molecular flexibility index (Phi) is 4.71.